The predicted octanol–water partition coefficient (Wildman–Crippen LogP) is 4.52. The largest absolute Gasteiger partial charge is 0.494 e. The van der Waals surface area contributed by atoms with E-state index in [-0.39, 0.29) is 5.56 Å². The van der Waals surface area contributed by atoms with E-state index in [1.165, 1.54) is 12.1 Å². The Morgan fingerprint density at radius 1 is 1.17 bits per heavy atom. The molecule has 1 nitrogen and oxygen atoms in total. The second-order valence-corrected chi connectivity index (χ2v) is 4.56. The topological polar surface area (TPSA) is 9.23 Å². The van der Waals surface area contributed by atoms with Crippen LogP contribution in [0.5, 0.6) is 5.75 Å². The second kappa shape index (κ2) is 5.63. The molecule has 1 aromatic rings. The molecule has 0 aliphatic heterocycles. The van der Waals surface area contributed by atoms with E-state index >= 15 is 0 Å². The molecule has 0 fully saturated rings. The molecule has 0 aromatic heterocycles. The fraction of sp³-hybridized carbons (Fsp3) is 0.500. The molecule has 1 aromatic carbocycles. The summed E-state index contributed by atoms with van der Waals surface area (Å²) in [6.45, 7) is 6.95. The van der Waals surface area contributed by atoms with Crippen molar-refractivity contribution in [3.05, 3.63) is 36.8 Å². The Kier molecular flexibility index (Phi) is 4.65. The SMILES string of the molecule is [CH2]C(C)(c1ccc(OCCCC)cc1)C(F)(F)F. The van der Waals surface area contributed by atoms with Crippen molar-refractivity contribution in [2.75, 3.05) is 6.61 Å². The summed E-state index contributed by atoms with van der Waals surface area (Å²) in [4.78, 5) is 0. The van der Waals surface area contributed by atoms with E-state index in [1.54, 1.807) is 12.1 Å². The van der Waals surface area contributed by atoms with Gasteiger partial charge in [-0.3, -0.25) is 0 Å². The van der Waals surface area contributed by atoms with Crippen molar-refractivity contribution >= 4 is 0 Å². The van der Waals surface area contributed by atoms with Crippen LogP contribution >= 0.6 is 0 Å². The van der Waals surface area contributed by atoms with E-state index < -0.39 is 11.6 Å². The van der Waals surface area contributed by atoms with Crippen molar-refractivity contribution in [3.8, 4) is 5.75 Å². The van der Waals surface area contributed by atoms with Crippen molar-refractivity contribution in [3.63, 3.8) is 0 Å². The summed E-state index contributed by atoms with van der Waals surface area (Å²) in [5.41, 5.74) is -1.95. The lowest BCUT2D eigenvalue weighted by Crippen LogP contribution is -2.36. The Labute approximate surface area is 106 Å². The zero-order chi connectivity index (χ0) is 13.8. The first kappa shape index (κ1) is 14.9. The van der Waals surface area contributed by atoms with Gasteiger partial charge in [0.25, 0.3) is 0 Å². The van der Waals surface area contributed by atoms with Crippen LogP contribution in [0.2, 0.25) is 0 Å². The van der Waals surface area contributed by atoms with Gasteiger partial charge >= 0.3 is 6.18 Å². The van der Waals surface area contributed by atoms with Gasteiger partial charge in [0.2, 0.25) is 0 Å². The van der Waals surface area contributed by atoms with Crippen LogP contribution in [0, 0.1) is 6.92 Å². The highest BCUT2D eigenvalue weighted by Crippen LogP contribution is 2.40. The molecule has 1 radical (unpaired) electrons. The fourth-order valence-corrected chi connectivity index (χ4v) is 1.42. The lowest BCUT2D eigenvalue weighted by molar-refractivity contribution is -0.172. The zero-order valence-electron chi connectivity index (χ0n) is 10.7. The maximum absolute atomic E-state index is 12.8. The third-order valence-corrected chi connectivity index (χ3v) is 2.88. The van der Waals surface area contributed by atoms with Crippen LogP contribution < -0.4 is 4.74 Å². The third kappa shape index (κ3) is 3.40. The van der Waals surface area contributed by atoms with E-state index in [1.807, 2.05) is 6.92 Å². The number of unbranched alkanes of at least 4 members (excludes halogenated alkanes) is 1. The molecule has 0 N–H and O–H groups in total. The van der Waals surface area contributed by atoms with Gasteiger partial charge in [0.15, 0.2) is 0 Å². The molecule has 4 heteroatoms. The van der Waals surface area contributed by atoms with Gasteiger partial charge in [-0.25, -0.2) is 0 Å². The predicted molar refractivity (Wildman–Crippen MR) is 65.6 cm³/mol. The zero-order valence-corrected chi connectivity index (χ0v) is 10.7. The first-order chi connectivity index (χ1) is 8.29. The van der Waals surface area contributed by atoms with Crippen molar-refractivity contribution < 1.29 is 17.9 Å². The monoisotopic (exact) mass is 259 g/mol. The van der Waals surface area contributed by atoms with Gasteiger partial charge in [0.1, 0.15) is 5.75 Å². The molecule has 1 atom stereocenters. The normalized spacial score (nSPS) is 12.6. The fourth-order valence-electron chi connectivity index (χ4n) is 1.42. The average Bonchev–Trinajstić information content (AvgIpc) is 2.28. The van der Waals surface area contributed by atoms with Crippen molar-refractivity contribution in [1.29, 1.82) is 0 Å². The Hall–Kier alpha value is -1.19. The van der Waals surface area contributed by atoms with Gasteiger partial charge in [-0.1, -0.05) is 25.5 Å². The molecular formula is C14H18F3O. The first-order valence-electron chi connectivity index (χ1n) is 5.94. The van der Waals surface area contributed by atoms with Crippen LogP contribution in [0.3, 0.4) is 0 Å². The molecule has 0 saturated heterocycles. The van der Waals surface area contributed by atoms with Crippen LogP contribution in [-0.4, -0.2) is 12.8 Å². The first-order valence-corrected chi connectivity index (χ1v) is 5.94. The standard InChI is InChI=1S/C14H18F3O/c1-4-5-10-18-12-8-6-11(7-9-12)13(2,3)14(15,16)17/h6-9H,2,4-5,10H2,1,3H3. The van der Waals surface area contributed by atoms with Gasteiger partial charge in [0, 0.05) is 0 Å². The number of rotatable bonds is 5. The molecule has 0 aliphatic rings. The number of alkyl halides is 3. The summed E-state index contributed by atoms with van der Waals surface area (Å²) in [5.74, 6) is 0.588. The molecule has 0 aliphatic carbocycles. The number of hydrogen-bond acceptors (Lipinski definition) is 1. The molecule has 0 saturated carbocycles. The molecule has 1 rings (SSSR count). The van der Waals surface area contributed by atoms with Crippen LogP contribution in [0.4, 0.5) is 13.2 Å². The molecule has 18 heavy (non-hydrogen) atoms. The number of ether oxygens (including phenoxy) is 1. The number of hydrogen-bond donors (Lipinski definition) is 0. The molecular weight excluding hydrogens is 241 g/mol. The molecule has 0 heterocycles. The Morgan fingerprint density at radius 2 is 1.72 bits per heavy atom. The highest BCUT2D eigenvalue weighted by atomic mass is 19.4. The second-order valence-electron chi connectivity index (χ2n) is 4.56. The summed E-state index contributed by atoms with van der Waals surface area (Å²) >= 11 is 0. The molecule has 101 valence electrons. The van der Waals surface area contributed by atoms with Gasteiger partial charge in [0.05, 0.1) is 12.0 Å². The van der Waals surface area contributed by atoms with E-state index in [0.717, 1.165) is 19.8 Å². The third-order valence-electron chi connectivity index (χ3n) is 2.88. The van der Waals surface area contributed by atoms with E-state index in [0.29, 0.717) is 12.4 Å². The minimum atomic E-state index is -4.36. The van der Waals surface area contributed by atoms with Crippen molar-refractivity contribution in [2.45, 2.75) is 38.3 Å². The van der Waals surface area contributed by atoms with Crippen LogP contribution in [0.25, 0.3) is 0 Å². The minimum absolute atomic E-state index is 0.137. The summed E-state index contributed by atoms with van der Waals surface area (Å²) in [7, 11) is 0. The van der Waals surface area contributed by atoms with Crippen LogP contribution in [0.1, 0.15) is 32.3 Å². The van der Waals surface area contributed by atoms with Gasteiger partial charge < -0.3 is 4.74 Å². The smallest absolute Gasteiger partial charge is 0.398 e. The van der Waals surface area contributed by atoms with Gasteiger partial charge in [-0.2, -0.15) is 13.2 Å². The molecule has 1 unspecified atom stereocenters. The van der Waals surface area contributed by atoms with E-state index in [9.17, 15) is 13.2 Å². The summed E-state index contributed by atoms with van der Waals surface area (Å²) in [6, 6.07) is 5.95. The number of benzene rings is 1. The minimum Gasteiger partial charge on any atom is -0.494 e. The van der Waals surface area contributed by atoms with Crippen molar-refractivity contribution in [1.82, 2.24) is 0 Å². The van der Waals surface area contributed by atoms with Gasteiger partial charge in [-0.15, -0.1) is 0 Å². The highest BCUT2D eigenvalue weighted by Gasteiger charge is 2.48. The Morgan fingerprint density at radius 3 is 2.17 bits per heavy atom. The average molecular weight is 259 g/mol. The highest BCUT2D eigenvalue weighted by molar-refractivity contribution is 5.34. The Bertz CT molecular complexity index is 366. The van der Waals surface area contributed by atoms with Crippen LogP contribution in [0.15, 0.2) is 24.3 Å². The summed E-state index contributed by atoms with van der Waals surface area (Å²) in [6.07, 6.45) is -2.42. The van der Waals surface area contributed by atoms with E-state index in [4.69, 9.17) is 4.74 Å². The Balaban J connectivity index is 2.77. The molecule has 0 spiro atoms. The van der Waals surface area contributed by atoms with Crippen LogP contribution in [-0.2, 0) is 5.41 Å². The van der Waals surface area contributed by atoms with Crippen molar-refractivity contribution in [2.24, 2.45) is 0 Å². The van der Waals surface area contributed by atoms with E-state index in [2.05, 4.69) is 6.92 Å². The summed E-state index contributed by atoms with van der Waals surface area (Å²) < 4.78 is 43.7. The lowest BCUT2D eigenvalue weighted by Gasteiger charge is -2.28. The lowest BCUT2D eigenvalue weighted by atomic mass is 9.84. The van der Waals surface area contributed by atoms with Gasteiger partial charge in [-0.05, 0) is 38.0 Å². The quantitative estimate of drug-likeness (QED) is 0.706. The maximum atomic E-state index is 12.8. The number of halogens is 3. The molecule has 0 amide bonds. The maximum Gasteiger partial charge on any atom is 0.398 e. The molecule has 0 bridgehead atoms. The summed E-state index contributed by atoms with van der Waals surface area (Å²) in [5, 5.41) is 0.